The topological polar surface area (TPSA) is 98.4 Å². The van der Waals surface area contributed by atoms with Gasteiger partial charge in [-0.25, -0.2) is 0 Å². The second-order valence-electron chi connectivity index (χ2n) is 11.4. The summed E-state index contributed by atoms with van der Waals surface area (Å²) < 4.78 is 19.3. The highest BCUT2D eigenvalue weighted by molar-refractivity contribution is 7.70. The normalized spacial score (nSPS) is 14.7. The number of piperidine rings is 1. The monoisotopic (exact) mass is 575 g/mol. The number of hydrogen-bond donors (Lipinski definition) is 3. The maximum atomic E-state index is 13.0. The number of fused-ring (bicyclic) bond motifs is 1. The average Bonchev–Trinajstić information content (AvgIpc) is 3.41. The molecule has 0 spiro atoms. The summed E-state index contributed by atoms with van der Waals surface area (Å²) >= 11 is 0. The first-order chi connectivity index (χ1) is 19.6. The van der Waals surface area contributed by atoms with Gasteiger partial charge in [-0.2, -0.15) is 9.97 Å². The Kier molecular flexibility index (Phi) is 8.57. The number of anilines is 5. The minimum absolute atomic E-state index is 0.0447. The van der Waals surface area contributed by atoms with Crippen molar-refractivity contribution in [1.82, 2.24) is 19.9 Å². The van der Waals surface area contributed by atoms with E-state index in [0.717, 1.165) is 66.0 Å². The smallest absolute Gasteiger partial charge is 0.231 e. The van der Waals surface area contributed by atoms with E-state index in [4.69, 9.17) is 14.7 Å². The molecule has 1 aliphatic rings. The summed E-state index contributed by atoms with van der Waals surface area (Å²) in [5.41, 5.74) is 3.44. The molecule has 0 aliphatic carbocycles. The van der Waals surface area contributed by atoms with Crippen molar-refractivity contribution in [2.45, 2.75) is 45.8 Å². The van der Waals surface area contributed by atoms with E-state index in [1.807, 2.05) is 42.6 Å². The molecule has 3 heterocycles. The van der Waals surface area contributed by atoms with Gasteiger partial charge in [0, 0.05) is 42.4 Å². The van der Waals surface area contributed by atoms with Crippen LogP contribution in [0.25, 0.3) is 11.0 Å². The van der Waals surface area contributed by atoms with E-state index in [9.17, 15) is 4.57 Å². The Balaban J connectivity index is 1.42. The number of ether oxygens (including phenoxy) is 1. The molecule has 9 nitrogen and oxygen atoms in total. The zero-order valence-electron chi connectivity index (χ0n) is 24.9. The molecule has 5 rings (SSSR count). The summed E-state index contributed by atoms with van der Waals surface area (Å²) in [6.45, 7) is 13.0. The van der Waals surface area contributed by atoms with Crippen molar-refractivity contribution in [1.29, 1.82) is 0 Å². The SMILES string of the molecule is CCN(C)C1CCN(c2ccc(Nc3nc(Nc4ccccc4P(C)(C)=O)c4cc[nH]c4n3)cc2OC(C)C)CC1. The standard InChI is InChI=1S/C31H42N7O2P/c1-7-37(4)23-15-18-38(19-16-23)26-13-12-22(20-27(26)40-21(2)3)33-31-35-29-24(14-17-32-29)30(36-31)34-25-10-8-9-11-28(25)41(5,6)39/h8-14,17,20-21,23H,7,15-16,18-19H2,1-6H3,(H3,32,33,34,35,36). The summed E-state index contributed by atoms with van der Waals surface area (Å²) in [4.78, 5) is 17.6. The molecule has 1 aliphatic heterocycles. The van der Waals surface area contributed by atoms with Gasteiger partial charge < -0.3 is 34.7 Å². The molecule has 4 aromatic rings. The minimum atomic E-state index is -2.50. The Labute approximate surface area is 243 Å². The van der Waals surface area contributed by atoms with Crippen LogP contribution in [0.2, 0.25) is 0 Å². The predicted molar refractivity (Wildman–Crippen MR) is 172 cm³/mol. The molecule has 0 radical (unpaired) electrons. The lowest BCUT2D eigenvalue weighted by molar-refractivity contribution is 0.215. The number of para-hydroxylation sites is 1. The zero-order valence-corrected chi connectivity index (χ0v) is 25.8. The van der Waals surface area contributed by atoms with Crippen molar-refractivity contribution < 1.29 is 9.30 Å². The molecule has 2 aromatic carbocycles. The molecule has 1 saturated heterocycles. The van der Waals surface area contributed by atoms with Crippen molar-refractivity contribution in [2.75, 3.05) is 55.5 Å². The van der Waals surface area contributed by atoms with Gasteiger partial charge in [0.25, 0.3) is 0 Å². The van der Waals surface area contributed by atoms with Gasteiger partial charge in [-0.3, -0.25) is 0 Å². The second kappa shape index (κ2) is 12.1. The van der Waals surface area contributed by atoms with Crippen LogP contribution in [0.15, 0.2) is 54.7 Å². The first kappa shape index (κ1) is 29.0. The highest BCUT2D eigenvalue weighted by Crippen LogP contribution is 2.39. The van der Waals surface area contributed by atoms with Crippen LogP contribution in [0.4, 0.5) is 28.8 Å². The zero-order chi connectivity index (χ0) is 29.1. The molecule has 3 N–H and O–H groups in total. The van der Waals surface area contributed by atoms with Crippen LogP contribution in [0.3, 0.4) is 0 Å². The quantitative estimate of drug-likeness (QED) is 0.187. The fourth-order valence-corrected chi connectivity index (χ4v) is 6.56. The molecule has 2 aromatic heterocycles. The molecule has 0 bridgehead atoms. The second-order valence-corrected chi connectivity index (χ2v) is 14.6. The molecule has 1 fully saturated rings. The van der Waals surface area contributed by atoms with Crippen LogP contribution in [-0.4, -0.2) is 72.0 Å². The number of aromatic amines is 1. The first-order valence-corrected chi connectivity index (χ1v) is 17.0. The molecule has 10 heteroatoms. The number of aromatic nitrogens is 3. The lowest BCUT2D eigenvalue weighted by atomic mass is 10.0. The Morgan fingerprint density at radius 3 is 2.56 bits per heavy atom. The summed E-state index contributed by atoms with van der Waals surface area (Å²) in [5.74, 6) is 1.93. The van der Waals surface area contributed by atoms with Crippen LogP contribution in [-0.2, 0) is 4.57 Å². The van der Waals surface area contributed by atoms with Crippen molar-refractivity contribution in [3.8, 4) is 5.75 Å². The van der Waals surface area contributed by atoms with Gasteiger partial charge in [0.2, 0.25) is 5.95 Å². The Hall–Kier alpha value is -3.55. The van der Waals surface area contributed by atoms with Crippen molar-refractivity contribution >= 4 is 52.3 Å². The maximum absolute atomic E-state index is 13.0. The third-order valence-electron chi connectivity index (χ3n) is 7.66. The van der Waals surface area contributed by atoms with Gasteiger partial charge >= 0.3 is 0 Å². The molecule has 0 amide bonds. The van der Waals surface area contributed by atoms with E-state index in [2.05, 4.69) is 65.4 Å². The summed E-state index contributed by atoms with van der Waals surface area (Å²) in [6.07, 6.45) is 4.17. The third-order valence-corrected chi connectivity index (χ3v) is 9.21. The van der Waals surface area contributed by atoms with Gasteiger partial charge in [0.1, 0.15) is 24.4 Å². The van der Waals surface area contributed by atoms with Gasteiger partial charge in [-0.05, 0) is 83.9 Å². The van der Waals surface area contributed by atoms with Crippen LogP contribution < -0.4 is 25.6 Å². The lowest BCUT2D eigenvalue weighted by Gasteiger charge is -2.38. The molecular weight excluding hydrogens is 533 g/mol. The fourth-order valence-electron chi connectivity index (χ4n) is 5.41. The molecule has 0 atom stereocenters. The van der Waals surface area contributed by atoms with Gasteiger partial charge in [-0.1, -0.05) is 19.1 Å². The molecule has 0 unspecified atom stereocenters. The molecule has 0 saturated carbocycles. The number of benzene rings is 2. The number of rotatable bonds is 10. The molecule has 41 heavy (non-hydrogen) atoms. The summed E-state index contributed by atoms with van der Waals surface area (Å²) in [7, 11) is -0.284. The summed E-state index contributed by atoms with van der Waals surface area (Å²) in [6, 6.07) is 16.5. The Bertz CT molecular complexity index is 1540. The van der Waals surface area contributed by atoms with Gasteiger partial charge in [0.15, 0.2) is 0 Å². The van der Waals surface area contributed by atoms with E-state index < -0.39 is 7.14 Å². The van der Waals surface area contributed by atoms with Crippen molar-refractivity contribution in [3.63, 3.8) is 0 Å². The number of nitrogens with one attached hydrogen (secondary N) is 3. The first-order valence-electron chi connectivity index (χ1n) is 14.4. The number of hydrogen-bond acceptors (Lipinski definition) is 8. The third kappa shape index (κ3) is 6.68. The van der Waals surface area contributed by atoms with Crippen LogP contribution in [0, 0.1) is 0 Å². The largest absolute Gasteiger partial charge is 0.489 e. The average molecular weight is 576 g/mol. The highest BCUT2D eigenvalue weighted by atomic mass is 31.2. The molecule has 218 valence electrons. The van der Waals surface area contributed by atoms with Crippen LogP contribution in [0.1, 0.15) is 33.6 Å². The Morgan fingerprint density at radius 2 is 1.85 bits per heavy atom. The predicted octanol–water partition coefficient (Wildman–Crippen LogP) is 6.40. The van der Waals surface area contributed by atoms with Gasteiger partial charge in [0.05, 0.1) is 22.9 Å². The Morgan fingerprint density at radius 1 is 1.10 bits per heavy atom. The highest BCUT2D eigenvalue weighted by Gasteiger charge is 2.24. The minimum Gasteiger partial charge on any atom is -0.489 e. The molecular formula is C31H42N7O2P. The summed E-state index contributed by atoms with van der Waals surface area (Å²) in [5, 5.41) is 8.45. The number of nitrogens with zero attached hydrogens (tertiary/aromatic N) is 4. The van der Waals surface area contributed by atoms with E-state index in [1.165, 1.54) is 0 Å². The van der Waals surface area contributed by atoms with E-state index in [1.54, 1.807) is 13.3 Å². The maximum Gasteiger partial charge on any atom is 0.231 e. The van der Waals surface area contributed by atoms with E-state index in [-0.39, 0.29) is 6.10 Å². The van der Waals surface area contributed by atoms with Crippen LogP contribution in [0.5, 0.6) is 5.75 Å². The fraction of sp³-hybridized carbons (Fsp3) is 0.419. The van der Waals surface area contributed by atoms with E-state index >= 15 is 0 Å². The lowest BCUT2D eigenvalue weighted by Crippen LogP contribution is -2.43. The van der Waals surface area contributed by atoms with Crippen LogP contribution >= 0.6 is 7.14 Å². The number of H-pyrrole nitrogens is 1. The van der Waals surface area contributed by atoms with E-state index in [0.29, 0.717) is 23.5 Å². The van der Waals surface area contributed by atoms with Crippen molar-refractivity contribution in [3.05, 3.63) is 54.7 Å². The van der Waals surface area contributed by atoms with Crippen molar-refractivity contribution in [2.24, 2.45) is 0 Å². The van der Waals surface area contributed by atoms with Gasteiger partial charge in [-0.15, -0.1) is 0 Å².